The lowest BCUT2D eigenvalue weighted by Crippen LogP contribution is -2.65. The van der Waals surface area contributed by atoms with E-state index in [1.54, 1.807) is 17.2 Å². The molecule has 2 N–H and O–H groups in total. The number of nitrogens with one attached hydrogen (secondary N) is 2. The Hall–Kier alpha value is -3.36. The fourth-order valence-electron chi connectivity index (χ4n) is 4.04. The van der Waals surface area contributed by atoms with Crippen molar-refractivity contribution in [3.05, 3.63) is 47.2 Å². The molecule has 3 heterocycles. The number of amides is 1. The van der Waals surface area contributed by atoms with Gasteiger partial charge in [0.15, 0.2) is 0 Å². The monoisotopic (exact) mass is 409 g/mol. The molecule has 2 aliphatic rings. The average Bonchev–Trinajstić information content (AvgIpc) is 2.72. The number of halogens is 1. The molecule has 2 saturated heterocycles. The minimum atomic E-state index is -0.562. The number of piperidine rings is 1. The summed E-state index contributed by atoms with van der Waals surface area (Å²) in [4.78, 5) is 26.2. The van der Waals surface area contributed by atoms with Crippen LogP contribution in [-0.2, 0) is 0 Å². The maximum absolute atomic E-state index is 14.3. The number of aromatic nitrogens is 2. The lowest BCUT2D eigenvalue weighted by molar-refractivity contribution is 0.0591. The molecule has 9 heteroatoms. The van der Waals surface area contributed by atoms with Crippen LogP contribution in [0.4, 0.5) is 15.9 Å². The van der Waals surface area contributed by atoms with E-state index in [1.807, 2.05) is 13.8 Å². The largest absolute Gasteiger partial charge is 0.350 e. The van der Waals surface area contributed by atoms with E-state index < -0.39 is 5.82 Å². The summed E-state index contributed by atoms with van der Waals surface area (Å²) in [5, 5.41) is 10.7. The molecule has 1 amide bonds. The Morgan fingerprint density at radius 3 is 2.93 bits per heavy atom. The van der Waals surface area contributed by atoms with Crippen LogP contribution in [0.25, 0.3) is 0 Å². The van der Waals surface area contributed by atoms with Crippen LogP contribution in [0.3, 0.4) is 0 Å². The fourth-order valence-corrected chi connectivity index (χ4v) is 4.04. The maximum atomic E-state index is 14.3. The third kappa shape index (κ3) is 3.62. The van der Waals surface area contributed by atoms with E-state index >= 15 is 0 Å². The molecule has 2 fully saturated rings. The van der Waals surface area contributed by atoms with Gasteiger partial charge in [-0.1, -0.05) is 6.07 Å². The normalized spacial score (nSPS) is 20.6. The van der Waals surface area contributed by atoms with Crippen molar-refractivity contribution >= 4 is 29.8 Å². The van der Waals surface area contributed by atoms with Crippen LogP contribution in [0.15, 0.2) is 29.5 Å². The number of hydrogen-bond donors (Lipinski definition) is 2. The molecule has 2 unspecified atom stereocenters. The lowest BCUT2D eigenvalue weighted by Gasteiger charge is -2.54. The second-order valence-electron chi connectivity index (χ2n) is 7.64. The van der Waals surface area contributed by atoms with Gasteiger partial charge < -0.3 is 15.2 Å². The first-order chi connectivity index (χ1) is 14.5. The highest BCUT2D eigenvalue weighted by molar-refractivity contribution is 6.14. The number of aryl methyl sites for hydroxylation is 2. The van der Waals surface area contributed by atoms with Gasteiger partial charge in [0.1, 0.15) is 17.3 Å². The van der Waals surface area contributed by atoms with E-state index in [1.165, 1.54) is 18.3 Å². The van der Waals surface area contributed by atoms with Crippen molar-refractivity contribution in [2.24, 2.45) is 11.0 Å². The van der Waals surface area contributed by atoms with Crippen LogP contribution in [0.2, 0.25) is 0 Å². The number of carbonyl (C=O) groups is 1. The summed E-state index contributed by atoms with van der Waals surface area (Å²) >= 11 is 0. The number of carbonyl (C=O) groups excluding carboxylic acids is 1. The standard InChI is InChI=1S/C21H24FN7O/c1-13-14(2)26-19(10-24-13)29-11-15-6-9-28(12-18(15)29)21(30)16-4-3-5-17(22)20(16)27-25-8-7-23/h3-5,7-8,10,15,18,23,27H,6,9,11-12H2,1-2H3/b23-7?,25-8-. The molecule has 156 valence electrons. The number of fused-ring (bicyclic) bond motifs is 1. The third-order valence-corrected chi connectivity index (χ3v) is 5.88. The van der Waals surface area contributed by atoms with Crippen molar-refractivity contribution in [3.8, 4) is 0 Å². The molecule has 0 aliphatic carbocycles. The van der Waals surface area contributed by atoms with Gasteiger partial charge in [0, 0.05) is 31.8 Å². The number of anilines is 2. The maximum Gasteiger partial charge on any atom is 0.256 e. The van der Waals surface area contributed by atoms with E-state index in [0.717, 1.165) is 36.4 Å². The molecule has 30 heavy (non-hydrogen) atoms. The van der Waals surface area contributed by atoms with Crippen molar-refractivity contribution in [3.63, 3.8) is 0 Å². The number of benzene rings is 1. The van der Waals surface area contributed by atoms with Crippen molar-refractivity contribution in [1.82, 2.24) is 14.9 Å². The predicted molar refractivity (Wildman–Crippen MR) is 114 cm³/mol. The molecule has 8 nitrogen and oxygen atoms in total. The summed E-state index contributed by atoms with van der Waals surface area (Å²) < 4.78 is 14.3. The zero-order valence-electron chi connectivity index (χ0n) is 17.0. The topological polar surface area (TPSA) is 97.6 Å². The second kappa shape index (κ2) is 8.17. The van der Waals surface area contributed by atoms with Crippen molar-refractivity contribution < 1.29 is 9.18 Å². The zero-order valence-corrected chi connectivity index (χ0v) is 17.0. The van der Waals surface area contributed by atoms with Crippen LogP contribution in [0.1, 0.15) is 28.2 Å². The summed E-state index contributed by atoms with van der Waals surface area (Å²) in [6, 6.07) is 4.56. The van der Waals surface area contributed by atoms with Gasteiger partial charge in [0.25, 0.3) is 5.91 Å². The first-order valence-electron chi connectivity index (χ1n) is 9.92. The van der Waals surface area contributed by atoms with E-state index in [4.69, 9.17) is 5.41 Å². The number of para-hydroxylation sites is 1. The summed E-state index contributed by atoms with van der Waals surface area (Å²) in [5.74, 6) is 0.551. The van der Waals surface area contributed by atoms with Gasteiger partial charge in [-0.2, -0.15) is 5.10 Å². The van der Waals surface area contributed by atoms with Crippen LogP contribution in [0.5, 0.6) is 0 Å². The van der Waals surface area contributed by atoms with Gasteiger partial charge >= 0.3 is 0 Å². The number of rotatable bonds is 5. The van der Waals surface area contributed by atoms with Gasteiger partial charge in [-0.3, -0.25) is 15.2 Å². The fraction of sp³-hybridized carbons (Fsp3) is 0.381. The molecule has 1 aromatic carbocycles. The molecular weight excluding hydrogens is 385 g/mol. The molecule has 0 bridgehead atoms. The van der Waals surface area contributed by atoms with Crippen LogP contribution in [-0.4, -0.2) is 58.9 Å². The zero-order chi connectivity index (χ0) is 21.3. The van der Waals surface area contributed by atoms with Gasteiger partial charge in [-0.15, -0.1) is 0 Å². The Morgan fingerprint density at radius 1 is 1.33 bits per heavy atom. The van der Waals surface area contributed by atoms with E-state index in [0.29, 0.717) is 19.0 Å². The van der Waals surface area contributed by atoms with Gasteiger partial charge in [0.2, 0.25) is 0 Å². The van der Waals surface area contributed by atoms with Gasteiger partial charge in [-0.25, -0.2) is 9.37 Å². The first-order valence-corrected chi connectivity index (χ1v) is 9.92. The Labute approximate surface area is 174 Å². The van der Waals surface area contributed by atoms with Crippen LogP contribution in [0, 0.1) is 31.0 Å². The first kappa shape index (κ1) is 19.9. The highest BCUT2D eigenvalue weighted by atomic mass is 19.1. The van der Waals surface area contributed by atoms with Crippen molar-refractivity contribution in [2.75, 3.05) is 30.0 Å². The Bertz CT molecular complexity index is 1010. The van der Waals surface area contributed by atoms with E-state index in [2.05, 4.69) is 25.4 Å². The molecule has 1 aromatic heterocycles. The minimum Gasteiger partial charge on any atom is -0.350 e. The van der Waals surface area contributed by atoms with Crippen molar-refractivity contribution in [1.29, 1.82) is 5.41 Å². The lowest BCUT2D eigenvalue weighted by atomic mass is 9.82. The second-order valence-corrected chi connectivity index (χ2v) is 7.64. The van der Waals surface area contributed by atoms with Crippen LogP contribution >= 0.6 is 0 Å². The van der Waals surface area contributed by atoms with Crippen LogP contribution < -0.4 is 10.3 Å². The molecule has 0 spiro atoms. The third-order valence-electron chi connectivity index (χ3n) is 5.88. The highest BCUT2D eigenvalue weighted by Crippen LogP contribution is 2.36. The Kier molecular flexibility index (Phi) is 5.43. The number of hydrazone groups is 1. The smallest absolute Gasteiger partial charge is 0.256 e. The summed E-state index contributed by atoms with van der Waals surface area (Å²) in [7, 11) is 0. The number of nitrogens with zero attached hydrogens (tertiary/aromatic N) is 5. The number of hydrogen-bond acceptors (Lipinski definition) is 7. The summed E-state index contributed by atoms with van der Waals surface area (Å²) in [6.45, 7) is 5.97. The quantitative estimate of drug-likeness (QED) is 0.584. The number of likely N-dealkylation sites (tertiary alicyclic amines) is 1. The Morgan fingerprint density at radius 2 is 2.17 bits per heavy atom. The summed E-state index contributed by atoms with van der Waals surface area (Å²) in [5.41, 5.74) is 4.61. The van der Waals surface area contributed by atoms with E-state index in [-0.39, 0.29) is 23.2 Å². The predicted octanol–water partition coefficient (Wildman–Crippen LogP) is 2.63. The molecular formula is C21H24FN7O. The van der Waals surface area contributed by atoms with Gasteiger partial charge in [0.05, 0.1) is 35.4 Å². The highest BCUT2D eigenvalue weighted by Gasteiger charge is 2.44. The van der Waals surface area contributed by atoms with E-state index in [9.17, 15) is 9.18 Å². The summed E-state index contributed by atoms with van der Waals surface area (Å²) in [6.07, 6.45) is 4.84. The van der Waals surface area contributed by atoms with Crippen molar-refractivity contribution in [2.45, 2.75) is 26.3 Å². The SMILES string of the molecule is Cc1ncc(N2CC3CCN(C(=O)c4cccc(F)c4N/N=C\C=N)CC32)nc1C. The molecule has 2 aliphatic heterocycles. The van der Waals surface area contributed by atoms with Gasteiger partial charge in [-0.05, 0) is 32.4 Å². The molecule has 2 aromatic rings. The molecule has 4 rings (SSSR count). The Balaban J connectivity index is 1.52. The molecule has 0 radical (unpaired) electrons. The minimum absolute atomic E-state index is 0.0215. The molecule has 2 atom stereocenters. The molecule has 0 saturated carbocycles. The average molecular weight is 409 g/mol.